The number of nitrogens with one attached hydrogen (secondary N) is 1. The Hall–Kier alpha value is -1.74. The van der Waals surface area contributed by atoms with Crippen LogP contribution < -0.4 is 5.32 Å². The van der Waals surface area contributed by atoms with E-state index < -0.39 is 0 Å². The minimum Gasteiger partial charge on any atom is -0.347 e. The number of urea groups is 1. The Kier molecular flexibility index (Phi) is 3.25. The van der Waals surface area contributed by atoms with Crippen LogP contribution in [0.25, 0.3) is 0 Å². The number of carbonyl (C=O) groups is 2. The van der Waals surface area contributed by atoms with E-state index in [4.69, 9.17) is 0 Å². The Balaban J connectivity index is 0.979. The molecule has 6 rings (SSSR count). The first-order chi connectivity index (χ1) is 13.0. The minimum absolute atomic E-state index is 0.120. The molecule has 1 N–H and O–H groups in total. The van der Waals surface area contributed by atoms with Crippen molar-refractivity contribution in [3.05, 3.63) is 10.6 Å². The van der Waals surface area contributed by atoms with Crippen LogP contribution in [0.5, 0.6) is 0 Å². The molecule has 5 aliphatic rings. The molecule has 0 aromatic carbocycles. The van der Waals surface area contributed by atoms with Gasteiger partial charge in [0.25, 0.3) is 0 Å². The number of aromatic nitrogens is 2. The Morgan fingerprint density at radius 1 is 1.15 bits per heavy atom. The van der Waals surface area contributed by atoms with Crippen LogP contribution in [0.1, 0.15) is 42.2 Å². The SMILES string of the molecule is O=C1CCC2(CN(C(=O)N3CC4(CN(Cc5snnc5C5CC5)C4)C3)C2)N1. The Morgan fingerprint density at radius 3 is 2.56 bits per heavy atom. The van der Waals surface area contributed by atoms with Crippen molar-refractivity contribution in [1.82, 2.24) is 29.6 Å². The van der Waals surface area contributed by atoms with Crippen molar-refractivity contribution in [2.45, 2.75) is 43.7 Å². The van der Waals surface area contributed by atoms with Crippen LogP contribution in [0.2, 0.25) is 0 Å². The summed E-state index contributed by atoms with van der Waals surface area (Å²) in [4.78, 5) is 31.7. The quantitative estimate of drug-likeness (QED) is 0.821. The zero-order chi connectivity index (χ0) is 18.2. The third-order valence-corrected chi connectivity index (χ3v) is 7.57. The maximum absolute atomic E-state index is 12.6. The topological polar surface area (TPSA) is 81.7 Å². The summed E-state index contributed by atoms with van der Waals surface area (Å²) in [5, 5.41) is 7.36. The number of nitrogens with zero attached hydrogens (tertiary/aromatic N) is 5. The average molecular weight is 388 g/mol. The van der Waals surface area contributed by atoms with Crippen molar-refractivity contribution in [1.29, 1.82) is 0 Å². The predicted molar refractivity (Wildman–Crippen MR) is 98.2 cm³/mol. The van der Waals surface area contributed by atoms with Gasteiger partial charge < -0.3 is 15.1 Å². The highest BCUT2D eigenvalue weighted by atomic mass is 32.1. The van der Waals surface area contributed by atoms with Gasteiger partial charge in [-0.15, -0.1) is 5.10 Å². The van der Waals surface area contributed by atoms with Crippen LogP contribution in [0.3, 0.4) is 0 Å². The number of likely N-dealkylation sites (tertiary alicyclic amines) is 3. The zero-order valence-electron chi connectivity index (χ0n) is 15.3. The molecule has 1 saturated carbocycles. The van der Waals surface area contributed by atoms with Gasteiger partial charge in [0.2, 0.25) is 5.91 Å². The van der Waals surface area contributed by atoms with E-state index >= 15 is 0 Å². The summed E-state index contributed by atoms with van der Waals surface area (Å²) in [5.41, 5.74) is 1.42. The van der Waals surface area contributed by atoms with Crippen LogP contribution in [0, 0.1) is 5.41 Å². The van der Waals surface area contributed by atoms with E-state index in [1.165, 1.54) is 23.4 Å². The fourth-order valence-electron chi connectivity index (χ4n) is 5.34. The standard InChI is InChI=1S/C18H24N6O2S/c25-14-3-4-18(19-14)10-24(11-18)16(26)23-8-17(9-23)6-22(7-17)5-13-15(12-1-2-12)20-21-27-13/h12H,1-11H2,(H,19,25). The van der Waals surface area contributed by atoms with Gasteiger partial charge >= 0.3 is 6.03 Å². The van der Waals surface area contributed by atoms with E-state index in [1.54, 1.807) is 11.5 Å². The lowest BCUT2D eigenvalue weighted by molar-refractivity contribution is -0.121. The van der Waals surface area contributed by atoms with Crippen molar-refractivity contribution in [3.8, 4) is 0 Å². The van der Waals surface area contributed by atoms with Crippen LogP contribution in [0.15, 0.2) is 0 Å². The van der Waals surface area contributed by atoms with Crippen molar-refractivity contribution >= 4 is 23.5 Å². The number of hydrogen-bond acceptors (Lipinski definition) is 6. The van der Waals surface area contributed by atoms with E-state index in [0.717, 1.165) is 39.1 Å². The molecule has 1 aliphatic carbocycles. The van der Waals surface area contributed by atoms with Gasteiger partial charge in [-0.3, -0.25) is 9.69 Å². The molecule has 5 fully saturated rings. The molecule has 9 heteroatoms. The first kappa shape index (κ1) is 16.2. The number of carbonyl (C=O) groups excluding carboxylic acids is 2. The second kappa shape index (κ2) is 5.41. The molecule has 0 bridgehead atoms. The molecule has 144 valence electrons. The summed E-state index contributed by atoms with van der Waals surface area (Å²) in [7, 11) is 0. The third-order valence-electron chi connectivity index (χ3n) is 6.85. The van der Waals surface area contributed by atoms with Crippen molar-refractivity contribution < 1.29 is 9.59 Å². The summed E-state index contributed by atoms with van der Waals surface area (Å²) in [6, 6.07) is 0.147. The Morgan fingerprint density at radius 2 is 1.89 bits per heavy atom. The third kappa shape index (κ3) is 2.58. The maximum Gasteiger partial charge on any atom is 0.320 e. The summed E-state index contributed by atoms with van der Waals surface area (Å²) < 4.78 is 4.15. The van der Waals surface area contributed by atoms with Crippen LogP contribution in [-0.4, -0.2) is 81.0 Å². The lowest BCUT2D eigenvalue weighted by atomic mass is 9.73. The number of hydrogen-bond donors (Lipinski definition) is 1. The largest absolute Gasteiger partial charge is 0.347 e. The van der Waals surface area contributed by atoms with Gasteiger partial charge in [-0.25, -0.2) is 4.79 Å². The first-order valence-corrected chi connectivity index (χ1v) is 10.7. The lowest BCUT2D eigenvalue weighted by Gasteiger charge is -2.61. The van der Waals surface area contributed by atoms with E-state index in [0.29, 0.717) is 30.8 Å². The highest BCUT2D eigenvalue weighted by Crippen LogP contribution is 2.44. The molecular weight excluding hydrogens is 364 g/mol. The van der Waals surface area contributed by atoms with Crippen LogP contribution in [-0.2, 0) is 11.3 Å². The Bertz CT molecular complexity index is 801. The highest BCUT2D eigenvalue weighted by Gasteiger charge is 2.56. The van der Waals surface area contributed by atoms with Gasteiger partial charge in [-0.2, -0.15) is 0 Å². The van der Waals surface area contributed by atoms with E-state index in [-0.39, 0.29) is 17.5 Å². The first-order valence-electron chi connectivity index (χ1n) is 9.92. The summed E-state index contributed by atoms with van der Waals surface area (Å²) in [6.07, 6.45) is 3.99. The van der Waals surface area contributed by atoms with E-state index in [2.05, 4.69) is 19.8 Å². The van der Waals surface area contributed by atoms with Crippen molar-refractivity contribution in [3.63, 3.8) is 0 Å². The fraction of sp³-hybridized carbons (Fsp3) is 0.778. The summed E-state index contributed by atoms with van der Waals surface area (Å²) in [6.45, 7) is 6.19. The molecule has 4 aliphatic heterocycles. The molecule has 0 radical (unpaired) electrons. The minimum atomic E-state index is -0.120. The highest BCUT2D eigenvalue weighted by molar-refractivity contribution is 7.05. The molecule has 2 spiro atoms. The van der Waals surface area contributed by atoms with Gasteiger partial charge in [0.1, 0.15) is 0 Å². The predicted octanol–water partition coefficient (Wildman–Crippen LogP) is 0.617. The lowest BCUT2D eigenvalue weighted by Crippen LogP contribution is -2.76. The van der Waals surface area contributed by atoms with Gasteiger partial charge in [-0.1, -0.05) is 4.49 Å². The van der Waals surface area contributed by atoms with E-state index in [9.17, 15) is 9.59 Å². The van der Waals surface area contributed by atoms with Crippen molar-refractivity contribution in [2.24, 2.45) is 5.41 Å². The summed E-state index contributed by atoms with van der Waals surface area (Å²) in [5.74, 6) is 0.788. The van der Waals surface area contributed by atoms with Crippen LogP contribution >= 0.6 is 11.5 Å². The second-order valence-electron chi connectivity index (χ2n) is 9.32. The van der Waals surface area contributed by atoms with Crippen LogP contribution in [0.4, 0.5) is 4.79 Å². The van der Waals surface area contributed by atoms with E-state index in [1.807, 2.05) is 9.80 Å². The zero-order valence-corrected chi connectivity index (χ0v) is 16.1. The van der Waals surface area contributed by atoms with Gasteiger partial charge in [0.15, 0.2) is 0 Å². The molecule has 1 aromatic heterocycles. The monoisotopic (exact) mass is 388 g/mol. The van der Waals surface area contributed by atoms with Gasteiger partial charge in [0, 0.05) is 63.6 Å². The molecule has 27 heavy (non-hydrogen) atoms. The Labute approximate surface area is 162 Å². The molecule has 0 atom stereocenters. The van der Waals surface area contributed by atoms with Gasteiger partial charge in [0.05, 0.1) is 16.1 Å². The second-order valence-corrected chi connectivity index (χ2v) is 10.2. The number of amides is 3. The van der Waals surface area contributed by atoms with Crippen molar-refractivity contribution in [2.75, 3.05) is 39.3 Å². The molecule has 4 saturated heterocycles. The normalized spacial score (nSPS) is 28.1. The number of rotatable bonds is 3. The molecule has 0 unspecified atom stereocenters. The maximum atomic E-state index is 12.6. The smallest absolute Gasteiger partial charge is 0.320 e. The molecule has 5 heterocycles. The molecular formula is C18H24N6O2S. The fourth-order valence-corrected chi connectivity index (χ4v) is 6.11. The average Bonchev–Trinajstić information content (AvgIpc) is 3.15. The van der Waals surface area contributed by atoms with Gasteiger partial charge in [-0.05, 0) is 30.8 Å². The summed E-state index contributed by atoms with van der Waals surface area (Å²) >= 11 is 1.55. The molecule has 1 aromatic rings. The molecule has 8 nitrogen and oxygen atoms in total. The molecule has 3 amide bonds.